The largest absolute Gasteiger partial charge is 0.393 e. The van der Waals surface area contributed by atoms with E-state index < -0.39 is 0 Å². The second kappa shape index (κ2) is 7.07. The Morgan fingerprint density at radius 1 is 1.56 bits per heavy atom. The lowest BCUT2D eigenvalue weighted by Crippen LogP contribution is -2.33. The third-order valence-electron chi connectivity index (χ3n) is 2.46. The first-order valence-electron chi connectivity index (χ1n) is 5.48. The van der Waals surface area contributed by atoms with Gasteiger partial charge in [-0.2, -0.15) is 0 Å². The third-order valence-corrected chi connectivity index (χ3v) is 3.59. The topological polar surface area (TPSA) is 46.3 Å². The zero-order valence-corrected chi connectivity index (χ0v) is 13.1. The van der Waals surface area contributed by atoms with Gasteiger partial charge in [0.2, 0.25) is 0 Å². The minimum atomic E-state index is -0.0804. The summed E-state index contributed by atoms with van der Waals surface area (Å²) in [5, 5.41) is 0.534. The molecule has 0 aliphatic heterocycles. The molecule has 0 atom stereocenters. The molecule has 0 spiro atoms. The number of carbonyl (C=O) groups is 1. The van der Waals surface area contributed by atoms with Crippen LogP contribution in [0, 0.1) is 0 Å². The summed E-state index contributed by atoms with van der Waals surface area (Å²) in [5.41, 5.74) is 6.00. The smallest absolute Gasteiger partial charge is 0.255 e. The van der Waals surface area contributed by atoms with Gasteiger partial charge < -0.3 is 10.6 Å². The van der Waals surface area contributed by atoms with Crippen LogP contribution in [-0.2, 0) is 0 Å². The molecule has 3 nitrogen and oxygen atoms in total. The Morgan fingerprint density at radius 2 is 2.22 bits per heavy atom. The molecular formula is C12H14BrClN2OS. The predicted molar refractivity (Wildman–Crippen MR) is 82.1 cm³/mol. The van der Waals surface area contributed by atoms with Crippen molar-refractivity contribution in [3.8, 4) is 0 Å². The number of nitrogens with zero attached hydrogens (tertiary/aromatic N) is 1. The molecule has 2 N–H and O–H groups in total. The highest BCUT2D eigenvalue weighted by atomic mass is 79.9. The SMILES string of the molecule is CCN(CCC(N)=S)C(=O)c1cc(Cl)ccc1Br. The van der Waals surface area contributed by atoms with E-state index in [0.717, 1.165) is 4.47 Å². The fourth-order valence-electron chi connectivity index (χ4n) is 1.48. The van der Waals surface area contributed by atoms with Crippen LogP contribution in [0.4, 0.5) is 0 Å². The lowest BCUT2D eigenvalue weighted by Gasteiger charge is -2.21. The zero-order chi connectivity index (χ0) is 13.7. The summed E-state index contributed by atoms with van der Waals surface area (Å²) in [6, 6.07) is 5.14. The van der Waals surface area contributed by atoms with E-state index >= 15 is 0 Å². The summed E-state index contributed by atoms with van der Waals surface area (Å²) in [4.78, 5) is 14.4. The van der Waals surface area contributed by atoms with Crippen LogP contribution < -0.4 is 5.73 Å². The van der Waals surface area contributed by atoms with E-state index in [0.29, 0.717) is 35.1 Å². The number of amides is 1. The first-order valence-corrected chi connectivity index (χ1v) is 7.06. The van der Waals surface area contributed by atoms with Crippen molar-refractivity contribution < 1.29 is 4.79 Å². The molecule has 0 fully saturated rings. The van der Waals surface area contributed by atoms with Crippen LogP contribution >= 0.6 is 39.7 Å². The molecule has 1 amide bonds. The first-order chi connectivity index (χ1) is 8.45. The predicted octanol–water partition coefficient (Wildman–Crippen LogP) is 3.24. The van der Waals surface area contributed by atoms with Gasteiger partial charge in [0.25, 0.3) is 5.91 Å². The van der Waals surface area contributed by atoms with E-state index in [1.165, 1.54) is 0 Å². The molecule has 98 valence electrons. The van der Waals surface area contributed by atoms with Gasteiger partial charge in [-0.05, 0) is 41.1 Å². The Balaban J connectivity index is 2.89. The van der Waals surface area contributed by atoms with E-state index in [1.54, 1.807) is 23.1 Å². The maximum atomic E-state index is 12.3. The van der Waals surface area contributed by atoms with Crippen molar-refractivity contribution in [2.24, 2.45) is 5.73 Å². The van der Waals surface area contributed by atoms with Crippen molar-refractivity contribution in [2.75, 3.05) is 13.1 Å². The number of carbonyl (C=O) groups excluding carboxylic acids is 1. The molecule has 0 aromatic heterocycles. The molecule has 18 heavy (non-hydrogen) atoms. The van der Waals surface area contributed by atoms with Crippen molar-refractivity contribution >= 4 is 50.6 Å². The Hall–Kier alpha value is -0.650. The summed E-state index contributed by atoms with van der Waals surface area (Å²) in [7, 11) is 0. The fraction of sp³-hybridized carbons (Fsp3) is 0.333. The fourth-order valence-corrected chi connectivity index (χ4v) is 2.16. The molecule has 1 aromatic carbocycles. The Bertz CT molecular complexity index is 467. The van der Waals surface area contributed by atoms with Gasteiger partial charge in [0.1, 0.15) is 0 Å². The average molecular weight is 350 g/mol. The minimum Gasteiger partial charge on any atom is -0.393 e. The molecule has 0 heterocycles. The maximum Gasteiger partial charge on any atom is 0.255 e. The van der Waals surface area contributed by atoms with Gasteiger partial charge in [-0.1, -0.05) is 23.8 Å². The number of hydrogen-bond acceptors (Lipinski definition) is 2. The Labute approximate surface area is 125 Å². The quantitative estimate of drug-likeness (QED) is 0.830. The van der Waals surface area contributed by atoms with Gasteiger partial charge in [-0.15, -0.1) is 0 Å². The molecular weight excluding hydrogens is 336 g/mol. The highest BCUT2D eigenvalue weighted by Gasteiger charge is 2.17. The minimum absolute atomic E-state index is 0.0804. The van der Waals surface area contributed by atoms with Gasteiger partial charge in [0, 0.05) is 29.0 Å². The maximum absolute atomic E-state index is 12.3. The van der Waals surface area contributed by atoms with Crippen molar-refractivity contribution in [3.05, 3.63) is 33.3 Å². The molecule has 0 unspecified atom stereocenters. The lowest BCUT2D eigenvalue weighted by molar-refractivity contribution is 0.0768. The molecule has 0 saturated carbocycles. The molecule has 0 bridgehead atoms. The Kier molecular flexibility index (Phi) is 6.05. The van der Waals surface area contributed by atoms with E-state index in [-0.39, 0.29) is 5.91 Å². The highest BCUT2D eigenvalue weighted by Crippen LogP contribution is 2.22. The summed E-state index contributed by atoms with van der Waals surface area (Å²) >= 11 is 14.1. The Morgan fingerprint density at radius 3 is 2.78 bits per heavy atom. The summed E-state index contributed by atoms with van der Waals surface area (Å²) in [6.07, 6.45) is 0.521. The third kappa shape index (κ3) is 4.23. The van der Waals surface area contributed by atoms with Gasteiger partial charge in [-0.25, -0.2) is 0 Å². The van der Waals surface area contributed by atoms with E-state index in [1.807, 2.05) is 6.92 Å². The number of benzene rings is 1. The second-order valence-electron chi connectivity index (χ2n) is 3.73. The molecule has 1 rings (SSSR count). The molecule has 0 saturated heterocycles. The number of hydrogen-bond donors (Lipinski definition) is 1. The lowest BCUT2D eigenvalue weighted by atomic mass is 10.2. The van der Waals surface area contributed by atoms with Crippen LogP contribution in [0.1, 0.15) is 23.7 Å². The average Bonchev–Trinajstić information content (AvgIpc) is 2.32. The molecule has 0 aliphatic rings. The van der Waals surface area contributed by atoms with Crippen LogP contribution in [-0.4, -0.2) is 28.9 Å². The summed E-state index contributed by atoms with van der Waals surface area (Å²) < 4.78 is 0.727. The van der Waals surface area contributed by atoms with Crippen LogP contribution in [0.3, 0.4) is 0 Å². The molecule has 0 radical (unpaired) electrons. The number of rotatable bonds is 5. The second-order valence-corrected chi connectivity index (χ2v) is 5.54. The first kappa shape index (κ1) is 15.4. The number of thiocarbonyl (C=S) groups is 1. The van der Waals surface area contributed by atoms with Gasteiger partial charge in [-0.3, -0.25) is 4.79 Å². The summed E-state index contributed by atoms with van der Waals surface area (Å²) in [6.45, 7) is 3.03. The van der Waals surface area contributed by atoms with Gasteiger partial charge >= 0.3 is 0 Å². The van der Waals surface area contributed by atoms with Crippen LogP contribution in [0.15, 0.2) is 22.7 Å². The highest BCUT2D eigenvalue weighted by molar-refractivity contribution is 9.10. The van der Waals surface area contributed by atoms with Gasteiger partial charge in [0.05, 0.1) is 10.6 Å². The molecule has 1 aromatic rings. The number of halogens is 2. The van der Waals surface area contributed by atoms with Gasteiger partial charge in [0.15, 0.2) is 0 Å². The van der Waals surface area contributed by atoms with E-state index in [4.69, 9.17) is 29.6 Å². The van der Waals surface area contributed by atoms with Crippen molar-refractivity contribution in [1.29, 1.82) is 0 Å². The number of nitrogens with two attached hydrogens (primary N) is 1. The van der Waals surface area contributed by atoms with Crippen molar-refractivity contribution in [2.45, 2.75) is 13.3 Å². The van der Waals surface area contributed by atoms with E-state index in [9.17, 15) is 4.79 Å². The molecule has 0 aliphatic carbocycles. The monoisotopic (exact) mass is 348 g/mol. The normalized spacial score (nSPS) is 10.2. The standard InChI is InChI=1S/C12H14BrClN2OS/c1-2-16(6-5-11(15)18)12(17)9-7-8(14)3-4-10(9)13/h3-4,7H,2,5-6H2,1H3,(H2,15,18). The van der Waals surface area contributed by atoms with Crippen molar-refractivity contribution in [1.82, 2.24) is 4.90 Å². The van der Waals surface area contributed by atoms with Crippen molar-refractivity contribution in [3.63, 3.8) is 0 Å². The van der Waals surface area contributed by atoms with Crippen LogP contribution in [0.25, 0.3) is 0 Å². The van der Waals surface area contributed by atoms with Crippen LogP contribution in [0.5, 0.6) is 0 Å². The summed E-state index contributed by atoms with van der Waals surface area (Å²) in [5.74, 6) is -0.0804. The zero-order valence-electron chi connectivity index (χ0n) is 9.95. The van der Waals surface area contributed by atoms with Crippen LogP contribution in [0.2, 0.25) is 5.02 Å². The molecule has 6 heteroatoms. The van der Waals surface area contributed by atoms with E-state index in [2.05, 4.69) is 15.9 Å².